The summed E-state index contributed by atoms with van der Waals surface area (Å²) in [5, 5.41) is 13.9. The van der Waals surface area contributed by atoms with Gasteiger partial charge in [-0.05, 0) is 24.3 Å². The molecule has 1 aromatic carbocycles. The van der Waals surface area contributed by atoms with Gasteiger partial charge in [0.2, 0.25) is 5.89 Å². The third-order valence-corrected chi connectivity index (χ3v) is 5.26. The Bertz CT molecular complexity index is 854. The second-order valence-electron chi connectivity index (χ2n) is 7.18. The summed E-state index contributed by atoms with van der Waals surface area (Å²) in [5.41, 5.74) is 1.26. The van der Waals surface area contributed by atoms with Gasteiger partial charge < -0.3 is 9.09 Å². The van der Waals surface area contributed by atoms with E-state index in [1.165, 1.54) is 18.4 Å². The lowest BCUT2D eigenvalue weighted by Gasteiger charge is -2.09. The summed E-state index contributed by atoms with van der Waals surface area (Å²) in [5.74, 6) is 4.23. The summed E-state index contributed by atoms with van der Waals surface area (Å²) in [6.45, 7) is 5.08. The monoisotopic (exact) mass is 369 g/mol. The molecule has 0 saturated heterocycles. The van der Waals surface area contributed by atoms with Gasteiger partial charge in [-0.2, -0.15) is 4.98 Å². The van der Waals surface area contributed by atoms with Crippen molar-refractivity contribution in [2.45, 2.75) is 56.5 Å². The molecule has 6 nitrogen and oxygen atoms in total. The molecule has 0 unspecified atom stereocenters. The molecule has 0 radical (unpaired) electrons. The predicted octanol–water partition coefficient (Wildman–Crippen LogP) is 4.08. The maximum Gasteiger partial charge on any atom is 0.226 e. The van der Waals surface area contributed by atoms with Gasteiger partial charge in [0, 0.05) is 12.3 Å². The third-order valence-electron chi connectivity index (χ3n) is 4.29. The minimum atomic E-state index is 0.506. The number of benzene rings is 1. The standard InChI is InChI=1S/C19H23N5OS/c1-13(2)10-17-20-16(23-25-17)12-26-19-22-21-18(15-8-9-15)24(19)11-14-6-4-3-5-7-14/h3-7,13,15H,8-12H2,1-2H3. The zero-order chi connectivity index (χ0) is 17.9. The number of rotatable bonds is 8. The minimum absolute atomic E-state index is 0.506. The highest BCUT2D eigenvalue weighted by atomic mass is 32.2. The first-order chi connectivity index (χ1) is 12.7. The number of hydrogen-bond acceptors (Lipinski definition) is 6. The zero-order valence-corrected chi connectivity index (χ0v) is 15.9. The Morgan fingerprint density at radius 3 is 2.73 bits per heavy atom. The van der Waals surface area contributed by atoms with Crippen molar-refractivity contribution in [3.8, 4) is 0 Å². The molecule has 0 bridgehead atoms. The van der Waals surface area contributed by atoms with Crippen LogP contribution in [0.4, 0.5) is 0 Å². The van der Waals surface area contributed by atoms with Crippen LogP contribution < -0.4 is 0 Å². The van der Waals surface area contributed by atoms with Crippen LogP contribution >= 0.6 is 11.8 Å². The lowest BCUT2D eigenvalue weighted by Crippen LogP contribution is -2.06. The maximum absolute atomic E-state index is 5.33. The van der Waals surface area contributed by atoms with E-state index >= 15 is 0 Å². The van der Waals surface area contributed by atoms with Crippen molar-refractivity contribution in [3.05, 3.63) is 53.4 Å². The number of hydrogen-bond donors (Lipinski definition) is 0. The van der Waals surface area contributed by atoms with Gasteiger partial charge in [0.05, 0.1) is 12.3 Å². The Morgan fingerprint density at radius 2 is 2.00 bits per heavy atom. The highest BCUT2D eigenvalue weighted by molar-refractivity contribution is 7.98. The van der Waals surface area contributed by atoms with Crippen LogP contribution in [0.5, 0.6) is 0 Å². The molecule has 3 aromatic rings. The molecule has 1 fully saturated rings. The van der Waals surface area contributed by atoms with Crippen LogP contribution in [0.2, 0.25) is 0 Å². The minimum Gasteiger partial charge on any atom is -0.339 e. The Kier molecular flexibility index (Phi) is 5.06. The molecule has 4 rings (SSSR count). The van der Waals surface area contributed by atoms with Crippen molar-refractivity contribution < 1.29 is 4.52 Å². The van der Waals surface area contributed by atoms with Crippen molar-refractivity contribution >= 4 is 11.8 Å². The molecule has 26 heavy (non-hydrogen) atoms. The van der Waals surface area contributed by atoms with Crippen LogP contribution in [0.25, 0.3) is 0 Å². The van der Waals surface area contributed by atoms with E-state index in [1.807, 2.05) is 6.07 Å². The zero-order valence-electron chi connectivity index (χ0n) is 15.1. The molecule has 2 aromatic heterocycles. The van der Waals surface area contributed by atoms with Crippen molar-refractivity contribution in [2.24, 2.45) is 5.92 Å². The van der Waals surface area contributed by atoms with E-state index < -0.39 is 0 Å². The molecule has 1 saturated carbocycles. The summed E-state index contributed by atoms with van der Waals surface area (Å²) in [7, 11) is 0. The van der Waals surface area contributed by atoms with Crippen LogP contribution in [0.15, 0.2) is 40.0 Å². The largest absolute Gasteiger partial charge is 0.339 e. The van der Waals surface area contributed by atoms with Crippen LogP contribution in [0, 0.1) is 5.92 Å². The van der Waals surface area contributed by atoms with E-state index in [2.05, 4.69) is 63.0 Å². The van der Waals surface area contributed by atoms with Crippen LogP contribution in [0.3, 0.4) is 0 Å². The normalized spacial score (nSPS) is 14.3. The topological polar surface area (TPSA) is 69.6 Å². The second-order valence-corrected chi connectivity index (χ2v) is 8.12. The summed E-state index contributed by atoms with van der Waals surface area (Å²) < 4.78 is 7.57. The van der Waals surface area contributed by atoms with E-state index in [1.54, 1.807) is 11.8 Å². The molecule has 2 heterocycles. The summed E-state index contributed by atoms with van der Waals surface area (Å²) in [6, 6.07) is 10.5. The molecular formula is C19H23N5OS. The molecule has 0 spiro atoms. The SMILES string of the molecule is CC(C)Cc1nc(CSc2nnc(C3CC3)n2Cc2ccccc2)no1. The molecule has 136 valence electrons. The van der Waals surface area contributed by atoms with E-state index in [-0.39, 0.29) is 0 Å². The van der Waals surface area contributed by atoms with E-state index in [0.29, 0.717) is 29.3 Å². The molecular weight excluding hydrogens is 346 g/mol. The Morgan fingerprint density at radius 1 is 1.19 bits per heavy atom. The van der Waals surface area contributed by atoms with Gasteiger partial charge in [-0.1, -0.05) is 61.1 Å². The quantitative estimate of drug-likeness (QED) is 0.557. The van der Waals surface area contributed by atoms with E-state index in [4.69, 9.17) is 4.52 Å². The Labute approximate surface area is 157 Å². The summed E-state index contributed by atoms with van der Waals surface area (Å²) >= 11 is 1.62. The molecule has 1 aliphatic carbocycles. The summed E-state index contributed by atoms with van der Waals surface area (Å²) in [4.78, 5) is 4.48. The first kappa shape index (κ1) is 17.3. The van der Waals surface area contributed by atoms with Gasteiger partial charge in [0.1, 0.15) is 5.82 Å². The number of aromatic nitrogens is 5. The predicted molar refractivity (Wildman–Crippen MR) is 99.9 cm³/mol. The molecule has 1 aliphatic rings. The van der Waals surface area contributed by atoms with Crippen molar-refractivity contribution in [1.82, 2.24) is 24.9 Å². The molecule has 7 heteroatoms. The van der Waals surface area contributed by atoms with Gasteiger partial charge >= 0.3 is 0 Å². The van der Waals surface area contributed by atoms with Gasteiger partial charge in [0.15, 0.2) is 11.0 Å². The van der Waals surface area contributed by atoms with E-state index in [9.17, 15) is 0 Å². The first-order valence-corrected chi connectivity index (χ1v) is 10.1. The molecule has 0 aliphatic heterocycles. The first-order valence-electron chi connectivity index (χ1n) is 9.10. The fourth-order valence-electron chi connectivity index (χ4n) is 2.87. The van der Waals surface area contributed by atoms with Gasteiger partial charge in [-0.3, -0.25) is 0 Å². The Hall–Kier alpha value is -2.15. The van der Waals surface area contributed by atoms with E-state index in [0.717, 1.165) is 23.9 Å². The average Bonchev–Trinajstić information content (AvgIpc) is 3.25. The number of thioether (sulfide) groups is 1. The van der Waals surface area contributed by atoms with Gasteiger partial charge in [0.25, 0.3) is 0 Å². The van der Waals surface area contributed by atoms with Gasteiger partial charge in [-0.15, -0.1) is 10.2 Å². The van der Waals surface area contributed by atoms with Gasteiger partial charge in [-0.25, -0.2) is 0 Å². The average molecular weight is 369 g/mol. The third kappa shape index (κ3) is 4.15. The molecule has 0 amide bonds. The lowest BCUT2D eigenvalue weighted by molar-refractivity contribution is 0.360. The van der Waals surface area contributed by atoms with Crippen LogP contribution in [-0.2, 0) is 18.7 Å². The van der Waals surface area contributed by atoms with Crippen molar-refractivity contribution in [1.29, 1.82) is 0 Å². The fourth-order valence-corrected chi connectivity index (χ4v) is 3.66. The Balaban J connectivity index is 1.48. The molecule has 0 atom stereocenters. The smallest absolute Gasteiger partial charge is 0.226 e. The fraction of sp³-hybridized carbons (Fsp3) is 0.474. The summed E-state index contributed by atoms with van der Waals surface area (Å²) in [6.07, 6.45) is 3.23. The highest BCUT2D eigenvalue weighted by Gasteiger charge is 2.30. The van der Waals surface area contributed by atoms with Crippen LogP contribution in [0.1, 0.15) is 55.7 Å². The second kappa shape index (κ2) is 7.61. The van der Waals surface area contributed by atoms with Crippen molar-refractivity contribution in [3.63, 3.8) is 0 Å². The lowest BCUT2D eigenvalue weighted by atomic mass is 10.1. The van der Waals surface area contributed by atoms with Crippen molar-refractivity contribution in [2.75, 3.05) is 0 Å². The number of nitrogens with zero attached hydrogens (tertiary/aromatic N) is 5. The maximum atomic E-state index is 5.33. The highest BCUT2D eigenvalue weighted by Crippen LogP contribution is 2.40. The molecule has 0 N–H and O–H groups in total. The van der Waals surface area contributed by atoms with Crippen LogP contribution in [-0.4, -0.2) is 24.9 Å².